The van der Waals surface area contributed by atoms with E-state index in [1.54, 1.807) is 0 Å². The first-order valence-electron chi connectivity index (χ1n) is 32.0. The molecule has 3 N–H and O–H groups in total. The monoisotopic (exact) mass is 1060 g/mol. The minimum absolute atomic E-state index is 0.0560. The number of carbonyl (C=O) groups is 2. The predicted octanol–water partition coefficient (Wildman–Crippen LogP) is 20.4. The molecule has 436 valence electrons. The maximum Gasteiger partial charge on any atom is 0.472 e. The Morgan fingerprint density at radius 2 is 0.703 bits per heavy atom. The number of carbonyl (C=O) groups excluding carboxylic acids is 2. The lowest BCUT2D eigenvalue weighted by Gasteiger charge is -2.19. The molecular weight excluding hydrogens is 942 g/mol. The summed E-state index contributed by atoms with van der Waals surface area (Å²) >= 11 is 0. The summed E-state index contributed by atoms with van der Waals surface area (Å²) in [7, 11) is -4.39. The Balaban J connectivity index is 3.85. The van der Waals surface area contributed by atoms with Crippen molar-refractivity contribution < 1.29 is 37.6 Å². The Morgan fingerprint density at radius 1 is 0.405 bits per heavy atom. The van der Waals surface area contributed by atoms with Gasteiger partial charge in [-0.2, -0.15) is 0 Å². The van der Waals surface area contributed by atoms with E-state index in [4.69, 9.17) is 24.3 Å². The lowest BCUT2D eigenvalue weighted by atomic mass is 10.0. The van der Waals surface area contributed by atoms with Gasteiger partial charge in [-0.3, -0.25) is 18.6 Å². The fourth-order valence-corrected chi connectivity index (χ4v) is 10.3. The molecule has 0 saturated heterocycles. The zero-order valence-corrected chi connectivity index (χ0v) is 49.7. The molecule has 0 aliphatic carbocycles. The van der Waals surface area contributed by atoms with Crippen molar-refractivity contribution in [2.75, 3.05) is 26.4 Å². The Hall–Kier alpha value is -1.77. The van der Waals surface area contributed by atoms with Crippen molar-refractivity contribution in [3.8, 4) is 0 Å². The van der Waals surface area contributed by atoms with Gasteiger partial charge in [0.2, 0.25) is 0 Å². The average Bonchev–Trinajstić information content (AvgIpc) is 3.39. The standard InChI is InChI=1S/C64H122NO8P/c1-3-5-7-9-11-13-15-17-19-21-23-25-26-27-28-29-30-31-32-33-34-35-36-37-39-41-43-45-47-49-51-53-55-57-64(67)73-62(61-72-74(68,69)71-59-58-65)60-70-63(66)56-54-52-50-48-46-44-42-40-38-24-22-20-18-16-14-12-10-8-6-4-2/h15,17,21,23,26-27,62H,3-14,16,18-20,22,24-25,28-61,65H2,1-2H3,(H,68,69)/b17-15-,23-21-,27-26-. The van der Waals surface area contributed by atoms with Gasteiger partial charge in [-0.15, -0.1) is 0 Å². The van der Waals surface area contributed by atoms with E-state index in [1.807, 2.05) is 0 Å². The largest absolute Gasteiger partial charge is 0.472 e. The topological polar surface area (TPSA) is 134 Å². The van der Waals surface area contributed by atoms with Crippen molar-refractivity contribution in [2.45, 2.75) is 335 Å². The van der Waals surface area contributed by atoms with Gasteiger partial charge in [-0.25, -0.2) is 4.57 Å². The number of hydrogen-bond acceptors (Lipinski definition) is 8. The maximum absolute atomic E-state index is 12.7. The molecule has 74 heavy (non-hydrogen) atoms. The molecule has 0 rings (SSSR count). The molecule has 10 heteroatoms. The molecule has 0 heterocycles. The van der Waals surface area contributed by atoms with Crippen molar-refractivity contribution in [2.24, 2.45) is 5.73 Å². The molecule has 2 atom stereocenters. The number of esters is 2. The number of rotatable bonds is 61. The van der Waals surface area contributed by atoms with Crippen LogP contribution < -0.4 is 5.73 Å². The first-order chi connectivity index (χ1) is 36.3. The fourth-order valence-electron chi connectivity index (χ4n) is 9.53. The van der Waals surface area contributed by atoms with Crippen molar-refractivity contribution in [1.29, 1.82) is 0 Å². The lowest BCUT2D eigenvalue weighted by Crippen LogP contribution is -2.29. The molecule has 2 unspecified atom stereocenters. The van der Waals surface area contributed by atoms with Gasteiger partial charge in [0.15, 0.2) is 6.10 Å². The highest BCUT2D eigenvalue weighted by Gasteiger charge is 2.26. The van der Waals surface area contributed by atoms with E-state index in [0.29, 0.717) is 6.42 Å². The Labute approximate surface area is 458 Å². The van der Waals surface area contributed by atoms with Crippen molar-refractivity contribution in [3.63, 3.8) is 0 Å². The van der Waals surface area contributed by atoms with Crippen molar-refractivity contribution in [1.82, 2.24) is 0 Å². The summed E-state index contributed by atoms with van der Waals surface area (Å²) in [5.41, 5.74) is 5.39. The minimum atomic E-state index is -4.39. The van der Waals surface area contributed by atoms with Gasteiger partial charge in [-0.05, 0) is 51.4 Å². The number of unbranched alkanes of at least 4 members (excludes halogenated alkanes) is 42. The minimum Gasteiger partial charge on any atom is -0.462 e. The van der Waals surface area contributed by atoms with Crippen LogP contribution in [0.4, 0.5) is 0 Å². The summed E-state index contributed by atoms with van der Waals surface area (Å²) in [6, 6.07) is 0. The van der Waals surface area contributed by atoms with Crippen LogP contribution in [0.5, 0.6) is 0 Å². The lowest BCUT2D eigenvalue weighted by molar-refractivity contribution is -0.161. The molecule has 0 fully saturated rings. The van der Waals surface area contributed by atoms with E-state index in [2.05, 4.69) is 50.3 Å². The van der Waals surface area contributed by atoms with E-state index < -0.39 is 26.5 Å². The van der Waals surface area contributed by atoms with Crippen LogP contribution in [-0.2, 0) is 32.7 Å². The van der Waals surface area contributed by atoms with Crippen LogP contribution in [0.2, 0.25) is 0 Å². The Kier molecular flexibility index (Phi) is 59.0. The van der Waals surface area contributed by atoms with Gasteiger partial charge in [0, 0.05) is 19.4 Å². The fraction of sp³-hybridized carbons (Fsp3) is 0.875. The van der Waals surface area contributed by atoms with Crippen LogP contribution in [0, 0.1) is 0 Å². The van der Waals surface area contributed by atoms with Crippen LogP contribution in [0.15, 0.2) is 36.5 Å². The Morgan fingerprint density at radius 3 is 1.04 bits per heavy atom. The smallest absolute Gasteiger partial charge is 0.462 e. The highest BCUT2D eigenvalue weighted by molar-refractivity contribution is 7.47. The zero-order chi connectivity index (χ0) is 53.8. The summed E-state index contributed by atoms with van der Waals surface area (Å²) < 4.78 is 33.1. The molecule has 0 aliphatic heterocycles. The number of ether oxygens (including phenoxy) is 2. The van der Waals surface area contributed by atoms with Crippen LogP contribution in [0.1, 0.15) is 328 Å². The SMILES string of the molecule is CCCCCCC/C=C\C/C=C\C/C=C\CCCCCCCCCCCCCCCCCCCCC(=O)OC(COC(=O)CCCCCCCCCCCCCCCCCCCCCC)COP(=O)(O)OCCN. The van der Waals surface area contributed by atoms with Gasteiger partial charge in [0.1, 0.15) is 6.61 Å². The third-order valence-electron chi connectivity index (χ3n) is 14.3. The molecule has 0 amide bonds. The summed E-state index contributed by atoms with van der Waals surface area (Å²) in [5.74, 6) is -0.808. The molecular formula is C64H122NO8P. The first-order valence-corrected chi connectivity index (χ1v) is 33.5. The van der Waals surface area contributed by atoms with Crippen molar-refractivity contribution in [3.05, 3.63) is 36.5 Å². The van der Waals surface area contributed by atoms with E-state index in [9.17, 15) is 19.0 Å². The predicted molar refractivity (Wildman–Crippen MR) is 317 cm³/mol. The number of phosphoric acid groups is 1. The second kappa shape index (κ2) is 60.5. The molecule has 0 saturated carbocycles. The number of allylic oxidation sites excluding steroid dienone is 6. The molecule has 0 spiro atoms. The van der Waals surface area contributed by atoms with E-state index in [0.717, 1.165) is 44.9 Å². The normalized spacial score (nSPS) is 13.2. The highest BCUT2D eigenvalue weighted by Crippen LogP contribution is 2.43. The molecule has 0 aromatic heterocycles. The van der Waals surface area contributed by atoms with Crippen LogP contribution in [0.3, 0.4) is 0 Å². The number of phosphoric ester groups is 1. The summed E-state index contributed by atoms with van der Waals surface area (Å²) in [5, 5.41) is 0. The molecule has 9 nitrogen and oxygen atoms in total. The molecule has 0 bridgehead atoms. The van der Waals surface area contributed by atoms with Crippen LogP contribution in [-0.4, -0.2) is 49.3 Å². The maximum atomic E-state index is 12.7. The van der Waals surface area contributed by atoms with E-state index in [1.165, 1.54) is 250 Å². The summed E-state index contributed by atoms with van der Waals surface area (Å²) in [6.45, 7) is 3.80. The zero-order valence-electron chi connectivity index (χ0n) is 48.8. The van der Waals surface area contributed by atoms with E-state index >= 15 is 0 Å². The van der Waals surface area contributed by atoms with Gasteiger partial charge < -0.3 is 20.1 Å². The van der Waals surface area contributed by atoms with Gasteiger partial charge >= 0.3 is 19.8 Å². The third kappa shape index (κ3) is 59.5. The second-order valence-electron chi connectivity index (χ2n) is 21.6. The number of hydrogen-bond donors (Lipinski definition) is 2. The van der Waals surface area contributed by atoms with Gasteiger partial charge in [-0.1, -0.05) is 301 Å². The average molecular weight is 1060 g/mol. The third-order valence-corrected chi connectivity index (χ3v) is 15.3. The summed E-state index contributed by atoms with van der Waals surface area (Å²) in [6.07, 6.45) is 73.6. The quantitative estimate of drug-likeness (QED) is 0.0264. The van der Waals surface area contributed by atoms with Gasteiger partial charge in [0.05, 0.1) is 13.2 Å². The molecule has 0 aromatic rings. The van der Waals surface area contributed by atoms with Crippen LogP contribution >= 0.6 is 7.82 Å². The number of nitrogens with two attached hydrogens (primary N) is 1. The Bertz CT molecular complexity index is 1310. The van der Waals surface area contributed by atoms with E-state index in [-0.39, 0.29) is 38.6 Å². The summed E-state index contributed by atoms with van der Waals surface area (Å²) in [4.78, 5) is 35.2. The molecule has 0 aromatic carbocycles. The van der Waals surface area contributed by atoms with Crippen LogP contribution in [0.25, 0.3) is 0 Å². The first kappa shape index (κ1) is 72.2. The second-order valence-corrected chi connectivity index (χ2v) is 23.1. The van der Waals surface area contributed by atoms with Crippen molar-refractivity contribution >= 4 is 19.8 Å². The molecule has 0 radical (unpaired) electrons. The molecule has 0 aliphatic rings. The van der Waals surface area contributed by atoms with Gasteiger partial charge in [0.25, 0.3) is 0 Å². The highest BCUT2D eigenvalue weighted by atomic mass is 31.2.